The van der Waals surface area contributed by atoms with Crippen LogP contribution >= 0.6 is 0 Å². The Morgan fingerprint density at radius 1 is 1.07 bits per heavy atom. The first kappa shape index (κ1) is 10.4. The zero-order chi connectivity index (χ0) is 10.7. The number of nitrogens with zero attached hydrogens (tertiary/aromatic N) is 1. The van der Waals surface area contributed by atoms with Gasteiger partial charge in [0, 0.05) is 31.6 Å². The summed E-state index contributed by atoms with van der Waals surface area (Å²) in [7, 11) is 0. The monoisotopic (exact) mass is 212 g/mol. The summed E-state index contributed by atoms with van der Waals surface area (Å²) in [5.41, 5.74) is 4.07. The van der Waals surface area contributed by atoms with Crippen molar-refractivity contribution < 1.29 is 8.78 Å². The molecule has 1 N–H and O–H groups in total. The number of hydrazine groups is 1. The van der Waals surface area contributed by atoms with Crippen LogP contribution in [0.4, 0.5) is 14.5 Å². The SMILES string of the molecule is FC1(F)CCN(Nc2ccccc2)CC1. The van der Waals surface area contributed by atoms with E-state index in [0.29, 0.717) is 13.1 Å². The highest BCUT2D eigenvalue weighted by molar-refractivity contribution is 5.41. The van der Waals surface area contributed by atoms with Crippen LogP contribution in [0, 0.1) is 0 Å². The van der Waals surface area contributed by atoms with Crippen LogP contribution in [0.5, 0.6) is 0 Å². The summed E-state index contributed by atoms with van der Waals surface area (Å²) in [6.45, 7) is 0.782. The van der Waals surface area contributed by atoms with Gasteiger partial charge in [0.1, 0.15) is 0 Å². The maximum Gasteiger partial charge on any atom is 0.250 e. The third-order valence-corrected chi connectivity index (χ3v) is 2.56. The minimum absolute atomic E-state index is 0.0627. The lowest BCUT2D eigenvalue weighted by Gasteiger charge is -2.32. The van der Waals surface area contributed by atoms with Crippen molar-refractivity contribution in [3.8, 4) is 0 Å². The minimum atomic E-state index is -2.48. The summed E-state index contributed by atoms with van der Waals surface area (Å²) in [6.07, 6.45) is -0.125. The van der Waals surface area contributed by atoms with Crippen molar-refractivity contribution in [2.24, 2.45) is 0 Å². The largest absolute Gasteiger partial charge is 0.319 e. The highest BCUT2D eigenvalue weighted by Crippen LogP contribution is 2.27. The molecule has 0 aromatic heterocycles. The van der Waals surface area contributed by atoms with E-state index in [2.05, 4.69) is 5.43 Å². The molecule has 82 valence electrons. The third kappa shape index (κ3) is 2.89. The number of hydrogen-bond acceptors (Lipinski definition) is 2. The molecular formula is C11H14F2N2. The van der Waals surface area contributed by atoms with E-state index in [-0.39, 0.29) is 12.8 Å². The van der Waals surface area contributed by atoms with Crippen molar-refractivity contribution in [2.75, 3.05) is 18.5 Å². The molecule has 0 radical (unpaired) electrons. The first-order chi connectivity index (χ1) is 7.16. The predicted octanol–water partition coefficient (Wildman–Crippen LogP) is 2.74. The highest BCUT2D eigenvalue weighted by atomic mass is 19.3. The Labute approximate surface area is 87.9 Å². The Balaban J connectivity index is 1.88. The van der Waals surface area contributed by atoms with Crippen LogP contribution in [-0.4, -0.2) is 24.0 Å². The van der Waals surface area contributed by atoms with Crippen LogP contribution in [0.3, 0.4) is 0 Å². The van der Waals surface area contributed by atoms with Crippen LogP contribution in [-0.2, 0) is 0 Å². The van der Waals surface area contributed by atoms with Gasteiger partial charge in [-0.15, -0.1) is 0 Å². The topological polar surface area (TPSA) is 15.3 Å². The molecule has 1 heterocycles. The second-order valence-electron chi connectivity index (χ2n) is 3.82. The Morgan fingerprint density at radius 3 is 2.27 bits per heavy atom. The average Bonchev–Trinajstić information content (AvgIpc) is 2.23. The van der Waals surface area contributed by atoms with Crippen LogP contribution in [0.1, 0.15) is 12.8 Å². The van der Waals surface area contributed by atoms with E-state index < -0.39 is 5.92 Å². The highest BCUT2D eigenvalue weighted by Gasteiger charge is 2.33. The lowest BCUT2D eigenvalue weighted by Crippen LogP contribution is -2.42. The molecule has 0 aliphatic carbocycles. The zero-order valence-corrected chi connectivity index (χ0v) is 8.42. The van der Waals surface area contributed by atoms with E-state index in [9.17, 15) is 8.78 Å². The fourth-order valence-electron chi connectivity index (χ4n) is 1.64. The van der Waals surface area contributed by atoms with Crippen LogP contribution in [0.15, 0.2) is 30.3 Å². The normalized spacial score (nSPS) is 21.2. The molecule has 0 spiro atoms. The summed E-state index contributed by atoms with van der Waals surface area (Å²) in [5, 5.41) is 1.84. The van der Waals surface area contributed by atoms with Gasteiger partial charge < -0.3 is 5.43 Å². The molecule has 0 bridgehead atoms. The average molecular weight is 212 g/mol. The third-order valence-electron chi connectivity index (χ3n) is 2.56. The lowest BCUT2D eigenvalue weighted by molar-refractivity contribution is -0.0506. The van der Waals surface area contributed by atoms with Crippen molar-refractivity contribution in [1.82, 2.24) is 5.01 Å². The minimum Gasteiger partial charge on any atom is -0.319 e. The van der Waals surface area contributed by atoms with Gasteiger partial charge in [-0.1, -0.05) is 18.2 Å². The molecule has 1 aliphatic heterocycles. The van der Waals surface area contributed by atoms with E-state index in [4.69, 9.17) is 0 Å². The molecule has 15 heavy (non-hydrogen) atoms. The van der Waals surface area contributed by atoms with Crippen molar-refractivity contribution >= 4 is 5.69 Å². The predicted molar refractivity (Wildman–Crippen MR) is 55.8 cm³/mol. The van der Waals surface area contributed by atoms with Gasteiger partial charge in [-0.25, -0.2) is 13.8 Å². The van der Waals surface area contributed by atoms with Gasteiger partial charge in [0.25, 0.3) is 5.92 Å². The maximum atomic E-state index is 12.9. The standard InChI is InChI=1S/C11H14F2N2/c12-11(13)6-8-15(9-7-11)14-10-4-2-1-3-5-10/h1-5,14H,6-9H2. The number of rotatable bonds is 2. The molecule has 0 amide bonds. The Hall–Kier alpha value is -1.16. The number of anilines is 1. The fourth-order valence-corrected chi connectivity index (χ4v) is 1.64. The second-order valence-corrected chi connectivity index (χ2v) is 3.82. The molecule has 0 unspecified atom stereocenters. The van der Waals surface area contributed by atoms with Gasteiger partial charge in [-0.2, -0.15) is 0 Å². The van der Waals surface area contributed by atoms with E-state index in [0.717, 1.165) is 5.69 Å². The molecule has 0 atom stereocenters. The van der Waals surface area contributed by atoms with Gasteiger partial charge in [-0.3, -0.25) is 0 Å². The van der Waals surface area contributed by atoms with Crippen LogP contribution in [0.25, 0.3) is 0 Å². The lowest BCUT2D eigenvalue weighted by atomic mass is 10.1. The molecule has 1 aromatic carbocycles. The summed E-state index contributed by atoms with van der Waals surface area (Å²) < 4.78 is 25.7. The number of halogens is 2. The van der Waals surface area contributed by atoms with Crippen molar-refractivity contribution in [2.45, 2.75) is 18.8 Å². The van der Waals surface area contributed by atoms with E-state index in [1.54, 1.807) is 0 Å². The van der Waals surface area contributed by atoms with Crippen molar-refractivity contribution in [3.63, 3.8) is 0 Å². The van der Waals surface area contributed by atoms with E-state index in [1.165, 1.54) is 0 Å². The van der Waals surface area contributed by atoms with Gasteiger partial charge in [-0.05, 0) is 12.1 Å². The van der Waals surface area contributed by atoms with E-state index in [1.807, 2.05) is 35.3 Å². The fraction of sp³-hybridized carbons (Fsp3) is 0.455. The van der Waals surface area contributed by atoms with Gasteiger partial charge in [0.2, 0.25) is 0 Å². The first-order valence-corrected chi connectivity index (χ1v) is 5.10. The molecule has 1 aliphatic rings. The number of piperidine rings is 1. The number of hydrogen-bond donors (Lipinski definition) is 1. The molecule has 1 saturated heterocycles. The van der Waals surface area contributed by atoms with Crippen LogP contribution in [0.2, 0.25) is 0 Å². The summed E-state index contributed by atoms with van der Waals surface area (Å²) in [6, 6.07) is 9.61. The molecule has 0 saturated carbocycles. The number of alkyl halides is 2. The summed E-state index contributed by atoms with van der Waals surface area (Å²) in [5.74, 6) is -2.48. The van der Waals surface area contributed by atoms with Crippen molar-refractivity contribution in [1.29, 1.82) is 0 Å². The van der Waals surface area contributed by atoms with E-state index >= 15 is 0 Å². The maximum absolute atomic E-state index is 12.9. The van der Waals surface area contributed by atoms with Gasteiger partial charge >= 0.3 is 0 Å². The molecule has 4 heteroatoms. The summed E-state index contributed by atoms with van der Waals surface area (Å²) in [4.78, 5) is 0. The number of nitrogens with one attached hydrogen (secondary N) is 1. The molecular weight excluding hydrogens is 198 g/mol. The van der Waals surface area contributed by atoms with Crippen molar-refractivity contribution in [3.05, 3.63) is 30.3 Å². The van der Waals surface area contributed by atoms with Gasteiger partial charge in [0.15, 0.2) is 0 Å². The first-order valence-electron chi connectivity index (χ1n) is 5.10. The zero-order valence-electron chi connectivity index (χ0n) is 8.42. The van der Waals surface area contributed by atoms with Crippen LogP contribution < -0.4 is 5.43 Å². The molecule has 1 fully saturated rings. The Kier molecular flexibility index (Phi) is 2.86. The number of benzene rings is 1. The molecule has 2 rings (SSSR count). The Morgan fingerprint density at radius 2 is 1.67 bits per heavy atom. The Bertz CT molecular complexity index is 304. The molecule has 2 nitrogen and oxygen atoms in total. The number of para-hydroxylation sites is 1. The smallest absolute Gasteiger partial charge is 0.250 e. The molecule has 1 aromatic rings. The second kappa shape index (κ2) is 4.14. The summed E-state index contributed by atoms with van der Waals surface area (Å²) >= 11 is 0. The van der Waals surface area contributed by atoms with Gasteiger partial charge in [0.05, 0.1) is 0 Å². The quantitative estimate of drug-likeness (QED) is 0.810.